The summed E-state index contributed by atoms with van der Waals surface area (Å²) in [7, 11) is 0. The summed E-state index contributed by atoms with van der Waals surface area (Å²) in [5, 5.41) is 0. The molecule has 0 spiro atoms. The molecule has 0 aliphatic heterocycles. The molecule has 1 amide bonds. The molecule has 4 heteroatoms. The van der Waals surface area contributed by atoms with E-state index in [-0.39, 0.29) is 24.4 Å². The van der Waals surface area contributed by atoms with Crippen molar-refractivity contribution in [2.75, 3.05) is 0 Å². The first-order valence-electron chi connectivity index (χ1n) is 9.09. The number of para-hydroxylation sites is 2. The third-order valence-corrected chi connectivity index (χ3v) is 4.41. The molecule has 0 fully saturated rings. The number of hydrogen-bond donors (Lipinski definition) is 0. The molecular formula is C22H25N3O. The van der Waals surface area contributed by atoms with Gasteiger partial charge in [-0.3, -0.25) is 4.79 Å². The Balaban J connectivity index is 2.07. The van der Waals surface area contributed by atoms with Gasteiger partial charge in [-0.05, 0) is 39.8 Å². The van der Waals surface area contributed by atoms with Crippen molar-refractivity contribution in [2.24, 2.45) is 0 Å². The maximum absolute atomic E-state index is 13.0. The van der Waals surface area contributed by atoms with Gasteiger partial charge in [0.25, 0.3) is 0 Å². The van der Waals surface area contributed by atoms with Crippen molar-refractivity contribution in [1.82, 2.24) is 14.9 Å². The monoisotopic (exact) mass is 347 g/mol. The minimum absolute atomic E-state index is 0.0803. The zero-order valence-electron chi connectivity index (χ0n) is 15.8. The minimum atomic E-state index is 0.0803. The number of hydrogen-bond acceptors (Lipinski definition) is 3. The highest BCUT2D eigenvalue weighted by Crippen LogP contribution is 2.24. The van der Waals surface area contributed by atoms with Gasteiger partial charge < -0.3 is 4.90 Å². The molecule has 1 aromatic heterocycles. The van der Waals surface area contributed by atoms with Crippen LogP contribution in [0.3, 0.4) is 0 Å². The molecule has 2 aromatic carbocycles. The number of aromatic nitrogens is 2. The Kier molecular flexibility index (Phi) is 5.31. The lowest BCUT2D eigenvalue weighted by molar-refractivity contribution is -0.134. The normalized spacial score (nSPS) is 11.3. The van der Waals surface area contributed by atoms with E-state index in [1.165, 1.54) is 0 Å². The van der Waals surface area contributed by atoms with Crippen molar-refractivity contribution in [3.8, 4) is 11.3 Å². The van der Waals surface area contributed by atoms with E-state index in [0.29, 0.717) is 0 Å². The van der Waals surface area contributed by atoms with Gasteiger partial charge in [0.05, 0.1) is 28.8 Å². The third kappa shape index (κ3) is 3.74. The van der Waals surface area contributed by atoms with Gasteiger partial charge in [0.15, 0.2) is 0 Å². The average Bonchev–Trinajstić information content (AvgIpc) is 2.61. The number of nitrogens with zero attached hydrogens (tertiary/aromatic N) is 3. The van der Waals surface area contributed by atoms with E-state index in [1.807, 2.05) is 87.2 Å². The van der Waals surface area contributed by atoms with Gasteiger partial charge >= 0.3 is 0 Å². The Hall–Kier alpha value is -2.75. The first-order chi connectivity index (χ1) is 12.5. The van der Waals surface area contributed by atoms with Gasteiger partial charge in [-0.15, -0.1) is 0 Å². The van der Waals surface area contributed by atoms with Crippen LogP contribution in [0.1, 0.15) is 33.4 Å². The molecule has 0 saturated heterocycles. The Labute approximate surface area is 154 Å². The number of fused-ring (bicyclic) bond motifs is 1. The van der Waals surface area contributed by atoms with Crippen molar-refractivity contribution in [2.45, 2.75) is 46.2 Å². The van der Waals surface area contributed by atoms with Crippen LogP contribution in [0, 0.1) is 0 Å². The number of amides is 1. The molecule has 1 heterocycles. The Morgan fingerprint density at radius 2 is 1.38 bits per heavy atom. The molecule has 4 nitrogen and oxygen atoms in total. The topological polar surface area (TPSA) is 46.1 Å². The summed E-state index contributed by atoms with van der Waals surface area (Å²) < 4.78 is 0. The van der Waals surface area contributed by atoms with Crippen LogP contribution in [-0.2, 0) is 11.2 Å². The highest BCUT2D eigenvalue weighted by Gasteiger charge is 2.23. The second kappa shape index (κ2) is 7.65. The van der Waals surface area contributed by atoms with Gasteiger partial charge in [0.2, 0.25) is 5.91 Å². The predicted octanol–water partition coefficient (Wildman–Crippen LogP) is 4.48. The van der Waals surface area contributed by atoms with Crippen LogP contribution in [0.4, 0.5) is 0 Å². The molecule has 3 aromatic rings. The van der Waals surface area contributed by atoms with Crippen LogP contribution < -0.4 is 0 Å². The lowest BCUT2D eigenvalue weighted by atomic mass is 10.1. The predicted molar refractivity (Wildman–Crippen MR) is 106 cm³/mol. The number of carbonyl (C=O) groups excluding carboxylic acids is 1. The Morgan fingerprint density at radius 3 is 1.96 bits per heavy atom. The van der Waals surface area contributed by atoms with Crippen LogP contribution >= 0.6 is 0 Å². The molecule has 3 rings (SSSR count). The molecule has 0 unspecified atom stereocenters. The quantitative estimate of drug-likeness (QED) is 0.683. The zero-order valence-corrected chi connectivity index (χ0v) is 15.8. The highest BCUT2D eigenvalue weighted by atomic mass is 16.2. The van der Waals surface area contributed by atoms with E-state index < -0.39 is 0 Å². The van der Waals surface area contributed by atoms with E-state index in [9.17, 15) is 4.79 Å². The summed E-state index contributed by atoms with van der Waals surface area (Å²) in [5.74, 6) is 0.0803. The lowest BCUT2D eigenvalue weighted by Crippen LogP contribution is -2.43. The fraction of sp³-hybridized carbons (Fsp3) is 0.318. The van der Waals surface area contributed by atoms with Gasteiger partial charge in [-0.25, -0.2) is 9.97 Å². The van der Waals surface area contributed by atoms with E-state index in [0.717, 1.165) is 28.0 Å². The SMILES string of the molecule is CC(C)N(C(=O)Cc1nc2ccccc2nc1-c1ccccc1)C(C)C. The second-order valence-corrected chi connectivity index (χ2v) is 7.04. The highest BCUT2D eigenvalue weighted by molar-refractivity contribution is 5.84. The first kappa shape index (κ1) is 18.1. The molecular weight excluding hydrogens is 322 g/mol. The first-order valence-corrected chi connectivity index (χ1v) is 9.09. The van der Waals surface area contributed by atoms with Crippen LogP contribution in [0.5, 0.6) is 0 Å². The van der Waals surface area contributed by atoms with Crippen LogP contribution in [-0.4, -0.2) is 32.9 Å². The van der Waals surface area contributed by atoms with Crippen molar-refractivity contribution in [3.05, 3.63) is 60.3 Å². The molecule has 0 aliphatic rings. The summed E-state index contributed by atoms with van der Waals surface area (Å²) in [5.41, 5.74) is 4.15. The van der Waals surface area contributed by atoms with Crippen LogP contribution in [0.2, 0.25) is 0 Å². The number of rotatable bonds is 5. The van der Waals surface area contributed by atoms with Crippen LogP contribution in [0.15, 0.2) is 54.6 Å². The van der Waals surface area contributed by atoms with Crippen molar-refractivity contribution < 1.29 is 4.79 Å². The molecule has 26 heavy (non-hydrogen) atoms. The fourth-order valence-corrected chi connectivity index (χ4v) is 3.39. The van der Waals surface area contributed by atoms with Crippen molar-refractivity contribution >= 4 is 16.9 Å². The smallest absolute Gasteiger partial charge is 0.229 e. The summed E-state index contributed by atoms with van der Waals surface area (Å²) in [4.78, 5) is 24.5. The van der Waals surface area contributed by atoms with Crippen molar-refractivity contribution in [1.29, 1.82) is 0 Å². The molecule has 0 atom stereocenters. The number of carbonyl (C=O) groups is 1. The molecule has 0 saturated carbocycles. The molecule has 134 valence electrons. The maximum atomic E-state index is 13.0. The Bertz CT molecular complexity index is 896. The maximum Gasteiger partial charge on any atom is 0.229 e. The summed E-state index contributed by atoms with van der Waals surface area (Å²) in [6.45, 7) is 8.17. The van der Waals surface area contributed by atoms with Gasteiger partial charge in [0, 0.05) is 17.6 Å². The van der Waals surface area contributed by atoms with Gasteiger partial charge in [-0.2, -0.15) is 0 Å². The van der Waals surface area contributed by atoms with E-state index in [2.05, 4.69) is 0 Å². The molecule has 0 radical (unpaired) electrons. The van der Waals surface area contributed by atoms with Gasteiger partial charge in [0.1, 0.15) is 0 Å². The fourth-order valence-electron chi connectivity index (χ4n) is 3.39. The average molecular weight is 347 g/mol. The summed E-state index contributed by atoms with van der Waals surface area (Å²) in [6, 6.07) is 18.0. The lowest BCUT2D eigenvalue weighted by Gasteiger charge is -2.31. The third-order valence-electron chi connectivity index (χ3n) is 4.41. The molecule has 0 bridgehead atoms. The minimum Gasteiger partial charge on any atom is -0.338 e. The van der Waals surface area contributed by atoms with E-state index in [4.69, 9.17) is 9.97 Å². The van der Waals surface area contributed by atoms with Crippen LogP contribution in [0.25, 0.3) is 22.3 Å². The van der Waals surface area contributed by atoms with Crippen molar-refractivity contribution in [3.63, 3.8) is 0 Å². The second-order valence-electron chi connectivity index (χ2n) is 7.04. The molecule has 0 N–H and O–H groups in total. The summed E-state index contributed by atoms with van der Waals surface area (Å²) in [6.07, 6.45) is 0.248. The van der Waals surface area contributed by atoms with E-state index >= 15 is 0 Å². The summed E-state index contributed by atoms with van der Waals surface area (Å²) >= 11 is 0. The van der Waals surface area contributed by atoms with E-state index in [1.54, 1.807) is 0 Å². The largest absolute Gasteiger partial charge is 0.338 e. The number of benzene rings is 2. The standard InChI is InChI=1S/C22H25N3O/c1-15(2)25(16(3)4)21(26)14-20-22(17-10-6-5-7-11-17)24-19-13-9-8-12-18(19)23-20/h5-13,15-16H,14H2,1-4H3. The molecule has 0 aliphatic carbocycles. The Morgan fingerprint density at radius 1 is 0.846 bits per heavy atom. The zero-order chi connectivity index (χ0) is 18.7. The van der Waals surface area contributed by atoms with Gasteiger partial charge in [-0.1, -0.05) is 42.5 Å².